The topological polar surface area (TPSA) is 20.2 Å². The third kappa shape index (κ3) is 2.99. The fraction of sp³-hybridized carbons (Fsp3) is 0.200. The summed E-state index contributed by atoms with van der Waals surface area (Å²) in [7, 11) is 0. The second-order valence-corrected chi connectivity index (χ2v) is 4.53. The van der Waals surface area contributed by atoms with E-state index in [0.29, 0.717) is 5.56 Å². The number of alkyl halides is 3. The lowest BCUT2D eigenvalue weighted by Crippen LogP contribution is -2.08. The van der Waals surface area contributed by atoms with Gasteiger partial charge in [0.2, 0.25) is 0 Å². The van der Waals surface area contributed by atoms with E-state index in [1.54, 1.807) is 6.92 Å². The molecule has 0 aliphatic rings. The molecular formula is C15H12F4O. The molecule has 2 rings (SSSR count). The van der Waals surface area contributed by atoms with Crippen LogP contribution in [0.4, 0.5) is 17.6 Å². The molecule has 1 atom stereocenters. The molecule has 0 heterocycles. The number of hydrogen-bond acceptors (Lipinski definition) is 1. The van der Waals surface area contributed by atoms with Crippen molar-refractivity contribution >= 4 is 0 Å². The predicted octanol–water partition coefficient (Wildman–Crippen LogP) is 4.23. The zero-order valence-electron chi connectivity index (χ0n) is 10.6. The Balaban J connectivity index is 2.43. The molecule has 20 heavy (non-hydrogen) atoms. The Labute approximate surface area is 113 Å². The predicted molar refractivity (Wildman–Crippen MR) is 66.6 cm³/mol. The molecule has 2 aromatic carbocycles. The van der Waals surface area contributed by atoms with Crippen LogP contribution >= 0.6 is 0 Å². The number of aliphatic hydroxyl groups excluding tert-OH is 1. The second-order valence-electron chi connectivity index (χ2n) is 4.53. The Bertz CT molecular complexity index is 620. The van der Waals surface area contributed by atoms with Crippen LogP contribution in [0.5, 0.6) is 0 Å². The molecule has 1 nitrogen and oxygen atoms in total. The molecule has 0 bridgehead atoms. The zero-order chi connectivity index (χ0) is 14.9. The van der Waals surface area contributed by atoms with Gasteiger partial charge in [-0.1, -0.05) is 18.2 Å². The maximum Gasteiger partial charge on any atom is 0.416 e. The molecule has 106 valence electrons. The number of benzene rings is 2. The Hall–Kier alpha value is -1.88. The van der Waals surface area contributed by atoms with Gasteiger partial charge in [0.05, 0.1) is 5.56 Å². The van der Waals surface area contributed by atoms with Gasteiger partial charge in [-0.05, 0) is 47.9 Å². The summed E-state index contributed by atoms with van der Waals surface area (Å²) in [5.41, 5.74) is 0.0947. The lowest BCUT2D eigenvalue weighted by atomic mass is 9.96. The highest BCUT2D eigenvalue weighted by atomic mass is 19.4. The number of rotatable bonds is 2. The standard InChI is InChI=1S/C15H12F4O/c1-9-5-6-12(16)8-13(9)14(20)10-3-2-4-11(7-10)15(17,18)19/h2-8,14,20H,1H3. The minimum Gasteiger partial charge on any atom is -0.384 e. The van der Waals surface area contributed by atoms with Crippen LogP contribution in [0.1, 0.15) is 28.4 Å². The third-order valence-electron chi connectivity index (χ3n) is 3.07. The van der Waals surface area contributed by atoms with Gasteiger partial charge in [0, 0.05) is 0 Å². The fourth-order valence-electron chi connectivity index (χ4n) is 1.97. The lowest BCUT2D eigenvalue weighted by Gasteiger charge is -2.16. The number of hydrogen-bond donors (Lipinski definition) is 1. The Morgan fingerprint density at radius 3 is 2.40 bits per heavy atom. The molecule has 0 aromatic heterocycles. The molecule has 2 aromatic rings. The van der Waals surface area contributed by atoms with Gasteiger partial charge in [-0.3, -0.25) is 0 Å². The van der Waals surface area contributed by atoms with Crippen molar-refractivity contribution in [2.75, 3.05) is 0 Å². The van der Waals surface area contributed by atoms with Gasteiger partial charge >= 0.3 is 6.18 Å². The first kappa shape index (κ1) is 14.5. The quantitative estimate of drug-likeness (QED) is 0.818. The van der Waals surface area contributed by atoms with Crippen molar-refractivity contribution in [3.8, 4) is 0 Å². The van der Waals surface area contributed by atoms with Crippen molar-refractivity contribution in [3.05, 3.63) is 70.5 Å². The summed E-state index contributed by atoms with van der Waals surface area (Å²) in [6.45, 7) is 1.66. The van der Waals surface area contributed by atoms with Crippen molar-refractivity contribution in [3.63, 3.8) is 0 Å². The summed E-state index contributed by atoms with van der Waals surface area (Å²) in [6, 6.07) is 8.23. The maximum atomic E-state index is 13.2. The Kier molecular flexibility index (Phi) is 3.81. The second kappa shape index (κ2) is 5.25. The van der Waals surface area contributed by atoms with E-state index < -0.39 is 23.7 Å². The van der Waals surface area contributed by atoms with Gasteiger partial charge < -0.3 is 5.11 Å². The molecule has 1 unspecified atom stereocenters. The van der Waals surface area contributed by atoms with E-state index in [-0.39, 0.29) is 11.1 Å². The largest absolute Gasteiger partial charge is 0.416 e. The molecule has 0 saturated carbocycles. The summed E-state index contributed by atoms with van der Waals surface area (Å²) in [5, 5.41) is 10.2. The monoisotopic (exact) mass is 284 g/mol. The minimum absolute atomic E-state index is 0.0773. The van der Waals surface area contributed by atoms with Gasteiger partial charge in [-0.2, -0.15) is 13.2 Å². The Morgan fingerprint density at radius 2 is 1.75 bits per heavy atom. The average Bonchev–Trinajstić information content (AvgIpc) is 2.40. The SMILES string of the molecule is Cc1ccc(F)cc1C(O)c1cccc(C(F)(F)F)c1. The molecule has 0 spiro atoms. The van der Waals surface area contributed by atoms with Crippen LogP contribution in [0.15, 0.2) is 42.5 Å². The highest BCUT2D eigenvalue weighted by Gasteiger charge is 2.31. The van der Waals surface area contributed by atoms with Crippen LogP contribution < -0.4 is 0 Å². The normalized spacial score (nSPS) is 13.3. The molecule has 1 N–H and O–H groups in total. The first-order valence-electron chi connectivity index (χ1n) is 5.90. The van der Waals surface area contributed by atoms with Crippen molar-refractivity contribution in [1.82, 2.24) is 0 Å². The van der Waals surface area contributed by atoms with E-state index in [2.05, 4.69) is 0 Å². The van der Waals surface area contributed by atoms with Gasteiger partial charge in [-0.25, -0.2) is 4.39 Å². The van der Waals surface area contributed by atoms with Gasteiger partial charge in [0.25, 0.3) is 0 Å². The molecule has 0 amide bonds. The first-order valence-corrected chi connectivity index (χ1v) is 5.90. The molecule has 0 saturated heterocycles. The van der Waals surface area contributed by atoms with Crippen LogP contribution in [-0.2, 0) is 6.18 Å². The molecule has 5 heteroatoms. The molecular weight excluding hydrogens is 272 g/mol. The number of aryl methyl sites for hydroxylation is 1. The van der Waals surface area contributed by atoms with Crippen molar-refractivity contribution in [1.29, 1.82) is 0 Å². The van der Waals surface area contributed by atoms with Crippen molar-refractivity contribution in [2.24, 2.45) is 0 Å². The van der Waals surface area contributed by atoms with Crippen molar-refractivity contribution < 1.29 is 22.7 Å². The molecule has 0 fully saturated rings. The van der Waals surface area contributed by atoms with Crippen LogP contribution in [0, 0.1) is 12.7 Å². The molecule has 0 radical (unpaired) electrons. The Morgan fingerprint density at radius 1 is 1.05 bits per heavy atom. The van der Waals surface area contributed by atoms with Crippen molar-refractivity contribution in [2.45, 2.75) is 19.2 Å². The van der Waals surface area contributed by atoms with Gasteiger partial charge in [-0.15, -0.1) is 0 Å². The summed E-state index contributed by atoms with van der Waals surface area (Å²) in [5.74, 6) is -0.545. The van der Waals surface area contributed by atoms with E-state index in [4.69, 9.17) is 0 Å². The van der Waals surface area contributed by atoms with E-state index in [0.717, 1.165) is 18.2 Å². The number of aliphatic hydroxyl groups is 1. The summed E-state index contributed by atoms with van der Waals surface area (Å²) < 4.78 is 51.1. The number of halogens is 4. The van der Waals surface area contributed by atoms with Gasteiger partial charge in [0.1, 0.15) is 11.9 Å². The van der Waals surface area contributed by atoms with Gasteiger partial charge in [0.15, 0.2) is 0 Å². The maximum absolute atomic E-state index is 13.2. The summed E-state index contributed by atoms with van der Waals surface area (Å²) in [4.78, 5) is 0. The van der Waals surface area contributed by atoms with Crippen LogP contribution in [0.2, 0.25) is 0 Å². The first-order chi connectivity index (χ1) is 9.29. The van der Waals surface area contributed by atoms with Crippen LogP contribution in [-0.4, -0.2) is 5.11 Å². The highest BCUT2D eigenvalue weighted by molar-refractivity contribution is 5.37. The van der Waals surface area contributed by atoms with E-state index in [9.17, 15) is 22.7 Å². The summed E-state index contributed by atoms with van der Waals surface area (Å²) in [6.07, 6.45) is -5.78. The fourth-order valence-corrected chi connectivity index (χ4v) is 1.97. The average molecular weight is 284 g/mol. The smallest absolute Gasteiger partial charge is 0.384 e. The highest BCUT2D eigenvalue weighted by Crippen LogP contribution is 2.32. The summed E-state index contributed by atoms with van der Waals surface area (Å²) >= 11 is 0. The van der Waals surface area contributed by atoms with Crippen LogP contribution in [0.3, 0.4) is 0 Å². The zero-order valence-corrected chi connectivity index (χ0v) is 10.6. The molecule has 0 aliphatic carbocycles. The van der Waals surface area contributed by atoms with E-state index in [1.807, 2.05) is 0 Å². The third-order valence-corrected chi connectivity index (χ3v) is 3.07. The molecule has 0 aliphatic heterocycles. The van der Waals surface area contributed by atoms with Crippen LogP contribution in [0.25, 0.3) is 0 Å². The van der Waals surface area contributed by atoms with E-state index >= 15 is 0 Å². The lowest BCUT2D eigenvalue weighted by molar-refractivity contribution is -0.137. The minimum atomic E-state index is -4.48. The van der Waals surface area contributed by atoms with E-state index in [1.165, 1.54) is 24.3 Å².